The molecule has 140 valence electrons. The molecule has 3 aromatic rings. The van der Waals surface area contributed by atoms with Crippen molar-refractivity contribution in [2.24, 2.45) is 0 Å². The van der Waals surface area contributed by atoms with Gasteiger partial charge in [0.2, 0.25) is 5.95 Å². The molecule has 0 bridgehead atoms. The fraction of sp³-hybridized carbons (Fsp3) is 0.250. The van der Waals surface area contributed by atoms with Crippen molar-refractivity contribution < 1.29 is 4.39 Å². The van der Waals surface area contributed by atoms with Crippen molar-refractivity contribution >= 4 is 17.5 Å². The predicted octanol–water partition coefficient (Wildman–Crippen LogP) is 3.70. The molecular formula is C20H23FN6. The van der Waals surface area contributed by atoms with Crippen LogP contribution < -0.4 is 10.6 Å². The minimum Gasteiger partial charge on any atom is -0.353 e. The van der Waals surface area contributed by atoms with E-state index in [-0.39, 0.29) is 5.82 Å². The second-order valence-corrected chi connectivity index (χ2v) is 6.49. The second kappa shape index (κ2) is 8.55. The maximum Gasteiger partial charge on any atom is 0.225 e. The fourth-order valence-electron chi connectivity index (χ4n) is 2.53. The summed E-state index contributed by atoms with van der Waals surface area (Å²) in [4.78, 5) is 15.6. The Morgan fingerprint density at radius 3 is 2.59 bits per heavy atom. The van der Waals surface area contributed by atoms with Crippen molar-refractivity contribution in [2.75, 3.05) is 37.8 Å². The fourth-order valence-corrected chi connectivity index (χ4v) is 2.53. The van der Waals surface area contributed by atoms with Gasteiger partial charge in [0.15, 0.2) is 0 Å². The summed E-state index contributed by atoms with van der Waals surface area (Å²) in [6, 6.07) is 12.1. The Balaban J connectivity index is 1.91. The molecule has 3 rings (SSSR count). The van der Waals surface area contributed by atoms with Gasteiger partial charge in [0, 0.05) is 31.0 Å². The Morgan fingerprint density at radius 1 is 1.04 bits per heavy atom. The molecule has 0 spiro atoms. The first-order valence-corrected chi connectivity index (χ1v) is 8.73. The Labute approximate surface area is 158 Å². The van der Waals surface area contributed by atoms with Gasteiger partial charge in [-0.25, -0.2) is 9.37 Å². The minimum absolute atomic E-state index is 0.263. The van der Waals surface area contributed by atoms with Crippen molar-refractivity contribution in [1.29, 1.82) is 0 Å². The Bertz CT molecular complexity index is 898. The first kappa shape index (κ1) is 18.7. The lowest BCUT2D eigenvalue weighted by molar-refractivity contribution is 0.425. The maximum atomic E-state index is 13.4. The lowest BCUT2D eigenvalue weighted by Gasteiger charge is -2.14. The van der Waals surface area contributed by atoms with Gasteiger partial charge >= 0.3 is 0 Å². The SMILES string of the molecule is Cc1cc(F)ccc1Nc1cc(-c2ccccn2)nc(NCCN(C)C)n1. The number of benzene rings is 1. The van der Waals surface area contributed by atoms with E-state index in [9.17, 15) is 4.39 Å². The summed E-state index contributed by atoms with van der Waals surface area (Å²) in [5.74, 6) is 0.871. The van der Waals surface area contributed by atoms with Crippen LogP contribution in [0.4, 0.5) is 21.8 Å². The van der Waals surface area contributed by atoms with Gasteiger partial charge in [-0.2, -0.15) is 4.98 Å². The predicted molar refractivity (Wildman–Crippen MR) is 107 cm³/mol. The molecule has 2 N–H and O–H groups in total. The molecule has 2 heterocycles. The zero-order valence-corrected chi connectivity index (χ0v) is 15.7. The largest absolute Gasteiger partial charge is 0.353 e. The van der Waals surface area contributed by atoms with Crippen molar-refractivity contribution in [3.05, 3.63) is 60.0 Å². The van der Waals surface area contributed by atoms with Gasteiger partial charge in [-0.3, -0.25) is 4.98 Å². The van der Waals surface area contributed by atoms with Crippen LogP contribution in [0.15, 0.2) is 48.7 Å². The van der Waals surface area contributed by atoms with Crippen molar-refractivity contribution in [2.45, 2.75) is 6.92 Å². The van der Waals surface area contributed by atoms with Crippen LogP contribution in [0, 0.1) is 12.7 Å². The van der Waals surface area contributed by atoms with E-state index in [0.29, 0.717) is 24.0 Å². The van der Waals surface area contributed by atoms with Crippen molar-refractivity contribution in [3.63, 3.8) is 0 Å². The van der Waals surface area contributed by atoms with Crippen LogP contribution in [0.25, 0.3) is 11.4 Å². The minimum atomic E-state index is -0.263. The van der Waals surface area contributed by atoms with Crippen LogP contribution in [0.1, 0.15) is 5.56 Å². The van der Waals surface area contributed by atoms with Gasteiger partial charge in [0.25, 0.3) is 0 Å². The monoisotopic (exact) mass is 366 g/mol. The smallest absolute Gasteiger partial charge is 0.225 e. The zero-order chi connectivity index (χ0) is 19.2. The highest BCUT2D eigenvalue weighted by Crippen LogP contribution is 2.24. The summed E-state index contributed by atoms with van der Waals surface area (Å²) in [5, 5.41) is 6.50. The van der Waals surface area contributed by atoms with Crippen LogP contribution in [0.3, 0.4) is 0 Å². The molecule has 0 radical (unpaired) electrons. The summed E-state index contributed by atoms with van der Waals surface area (Å²) in [6.07, 6.45) is 1.73. The molecule has 7 heteroatoms. The van der Waals surface area contributed by atoms with Crippen molar-refractivity contribution in [3.8, 4) is 11.4 Å². The Morgan fingerprint density at radius 2 is 1.89 bits per heavy atom. The van der Waals surface area contributed by atoms with Gasteiger partial charge in [0.05, 0.1) is 11.4 Å². The number of nitrogens with one attached hydrogen (secondary N) is 2. The van der Waals surface area contributed by atoms with Gasteiger partial charge in [0.1, 0.15) is 11.6 Å². The summed E-state index contributed by atoms with van der Waals surface area (Å²) < 4.78 is 13.4. The average Bonchev–Trinajstić information content (AvgIpc) is 2.64. The van der Waals surface area contributed by atoms with E-state index in [1.165, 1.54) is 12.1 Å². The first-order valence-electron chi connectivity index (χ1n) is 8.73. The number of anilines is 3. The lowest BCUT2D eigenvalue weighted by Crippen LogP contribution is -2.21. The molecule has 0 saturated heterocycles. The third-order valence-electron chi connectivity index (χ3n) is 3.95. The summed E-state index contributed by atoms with van der Waals surface area (Å²) in [5.41, 5.74) is 3.06. The van der Waals surface area contributed by atoms with Crippen LogP contribution in [-0.4, -0.2) is 47.0 Å². The highest BCUT2D eigenvalue weighted by atomic mass is 19.1. The molecule has 0 atom stereocenters. The summed E-state index contributed by atoms with van der Waals surface area (Å²) >= 11 is 0. The quantitative estimate of drug-likeness (QED) is 0.665. The van der Waals surface area contributed by atoms with Gasteiger partial charge in [-0.15, -0.1) is 0 Å². The molecule has 0 fully saturated rings. The van der Waals surface area contributed by atoms with Gasteiger partial charge < -0.3 is 15.5 Å². The Kier molecular flexibility index (Phi) is 5.93. The molecule has 27 heavy (non-hydrogen) atoms. The third-order valence-corrected chi connectivity index (χ3v) is 3.95. The normalized spacial score (nSPS) is 10.9. The molecule has 0 aliphatic heterocycles. The maximum absolute atomic E-state index is 13.4. The van der Waals surface area contributed by atoms with Crippen LogP contribution >= 0.6 is 0 Å². The second-order valence-electron chi connectivity index (χ2n) is 6.49. The Hall–Kier alpha value is -3.06. The number of hydrogen-bond acceptors (Lipinski definition) is 6. The number of halogens is 1. The van der Waals surface area contributed by atoms with E-state index in [1.54, 1.807) is 12.3 Å². The molecule has 1 aromatic carbocycles. The molecule has 0 amide bonds. The number of pyridine rings is 1. The standard InChI is InChI=1S/C20H23FN6/c1-14-12-15(21)7-8-16(14)24-19-13-18(17-6-4-5-9-22-17)25-20(26-19)23-10-11-27(2)3/h4-9,12-13H,10-11H2,1-3H3,(H2,23,24,25,26). The van der Waals surface area contributed by atoms with E-state index < -0.39 is 0 Å². The van der Waals surface area contributed by atoms with E-state index in [1.807, 2.05) is 45.3 Å². The zero-order valence-electron chi connectivity index (χ0n) is 15.7. The number of rotatable bonds is 7. The molecular weight excluding hydrogens is 343 g/mol. The van der Waals surface area contributed by atoms with Crippen LogP contribution in [0.5, 0.6) is 0 Å². The molecule has 0 saturated carbocycles. The van der Waals surface area contributed by atoms with E-state index in [4.69, 9.17) is 0 Å². The molecule has 0 aliphatic carbocycles. The topological polar surface area (TPSA) is 66.0 Å². The average molecular weight is 366 g/mol. The third kappa shape index (κ3) is 5.21. The summed E-state index contributed by atoms with van der Waals surface area (Å²) in [7, 11) is 4.02. The number of aryl methyl sites for hydroxylation is 1. The van der Waals surface area contributed by atoms with E-state index >= 15 is 0 Å². The van der Waals surface area contributed by atoms with Crippen LogP contribution in [-0.2, 0) is 0 Å². The van der Waals surface area contributed by atoms with E-state index in [2.05, 4.69) is 30.5 Å². The number of aromatic nitrogens is 3. The highest BCUT2D eigenvalue weighted by molar-refractivity contribution is 5.66. The van der Waals surface area contributed by atoms with Gasteiger partial charge in [-0.1, -0.05) is 6.07 Å². The van der Waals surface area contributed by atoms with Gasteiger partial charge in [-0.05, 0) is 56.9 Å². The first-order chi connectivity index (χ1) is 13.0. The van der Waals surface area contributed by atoms with E-state index in [0.717, 1.165) is 23.5 Å². The van der Waals surface area contributed by atoms with Crippen LogP contribution in [0.2, 0.25) is 0 Å². The number of nitrogens with zero attached hydrogens (tertiary/aromatic N) is 4. The lowest BCUT2D eigenvalue weighted by atomic mass is 10.2. The highest BCUT2D eigenvalue weighted by Gasteiger charge is 2.09. The molecule has 0 unspecified atom stereocenters. The molecule has 2 aromatic heterocycles. The molecule has 6 nitrogen and oxygen atoms in total. The molecule has 0 aliphatic rings. The number of likely N-dealkylation sites (N-methyl/N-ethyl adjacent to an activating group) is 1. The van der Waals surface area contributed by atoms with Crippen molar-refractivity contribution in [1.82, 2.24) is 19.9 Å². The number of hydrogen-bond donors (Lipinski definition) is 2. The summed E-state index contributed by atoms with van der Waals surface area (Å²) in [6.45, 7) is 3.42.